The van der Waals surface area contributed by atoms with Crippen molar-refractivity contribution in [1.29, 1.82) is 0 Å². The van der Waals surface area contributed by atoms with Gasteiger partial charge in [0.1, 0.15) is 5.69 Å². The first-order chi connectivity index (χ1) is 8.92. The molecule has 3 rings (SSSR count). The summed E-state index contributed by atoms with van der Waals surface area (Å²) in [5.41, 5.74) is 4.93. The van der Waals surface area contributed by atoms with E-state index < -0.39 is 0 Å². The summed E-state index contributed by atoms with van der Waals surface area (Å²) in [7, 11) is 0. The minimum atomic E-state index is 0.728. The van der Waals surface area contributed by atoms with Crippen LogP contribution in [0.2, 0.25) is 0 Å². The summed E-state index contributed by atoms with van der Waals surface area (Å²) in [6, 6.07) is 3.68. The van der Waals surface area contributed by atoms with E-state index in [0.717, 1.165) is 23.7 Å². The molecule has 0 fully saturated rings. The molecule has 0 amide bonds. The lowest BCUT2D eigenvalue weighted by molar-refractivity contribution is 0.682. The lowest BCUT2D eigenvalue weighted by atomic mass is 10.0. The smallest absolute Gasteiger partial charge is 0.203 e. The van der Waals surface area contributed by atoms with Crippen LogP contribution in [0, 0.1) is 0 Å². The first-order valence-electron chi connectivity index (χ1n) is 5.97. The maximum absolute atomic E-state index is 4.54. The predicted molar refractivity (Wildman–Crippen MR) is 72.0 cm³/mol. The Kier molecular flexibility index (Phi) is 3.27. The van der Waals surface area contributed by atoms with Crippen molar-refractivity contribution in [3.63, 3.8) is 0 Å². The number of hydrogen-bond donors (Lipinski definition) is 1. The lowest BCUT2D eigenvalue weighted by Crippen LogP contribution is -1.99. The summed E-state index contributed by atoms with van der Waals surface area (Å²) < 4.78 is 0. The largest absolute Gasteiger partial charge is 0.253 e. The molecule has 1 aliphatic rings. The molecule has 1 N–H and O–H groups in total. The van der Waals surface area contributed by atoms with Crippen LogP contribution in [0.1, 0.15) is 29.1 Å². The highest BCUT2D eigenvalue weighted by Crippen LogP contribution is 2.29. The molecule has 0 saturated carbocycles. The molecule has 0 radical (unpaired) electrons. The second kappa shape index (κ2) is 5.22. The lowest BCUT2D eigenvalue weighted by Gasteiger charge is -2.06. The molecule has 0 unspecified atom stereocenters. The third-order valence-corrected chi connectivity index (χ3v) is 3.86. The minimum Gasteiger partial charge on any atom is -0.253 e. The Balaban J connectivity index is 1.66. The molecule has 92 valence electrons. The maximum Gasteiger partial charge on any atom is 0.203 e. The van der Waals surface area contributed by atoms with E-state index in [1.54, 1.807) is 23.7 Å². The standard InChI is InChI=1S/C12H13N5S/c1-2-6-11-10(5-1)15-12(18-11)17-14-8-9-4-3-7-13-16-9/h3-4,7-8H,1-2,5-6H2,(H,15,17)/b14-8+. The van der Waals surface area contributed by atoms with Crippen molar-refractivity contribution in [2.45, 2.75) is 25.7 Å². The first kappa shape index (κ1) is 11.3. The van der Waals surface area contributed by atoms with E-state index in [2.05, 4.69) is 25.7 Å². The average molecular weight is 259 g/mol. The molecular weight excluding hydrogens is 246 g/mol. The van der Waals surface area contributed by atoms with Crippen molar-refractivity contribution in [2.24, 2.45) is 5.10 Å². The van der Waals surface area contributed by atoms with Crippen LogP contribution >= 0.6 is 11.3 Å². The molecule has 2 heterocycles. The fraction of sp³-hybridized carbons (Fsp3) is 0.333. The van der Waals surface area contributed by atoms with E-state index in [1.807, 2.05) is 12.1 Å². The van der Waals surface area contributed by atoms with E-state index in [0.29, 0.717) is 0 Å². The van der Waals surface area contributed by atoms with Crippen LogP contribution in [0.4, 0.5) is 5.13 Å². The number of nitrogens with one attached hydrogen (secondary N) is 1. The molecule has 2 aromatic rings. The number of anilines is 1. The summed E-state index contributed by atoms with van der Waals surface area (Å²) in [6.07, 6.45) is 8.06. The van der Waals surface area contributed by atoms with Crippen molar-refractivity contribution in [2.75, 3.05) is 5.43 Å². The van der Waals surface area contributed by atoms with Gasteiger partial charge in [-0.3, -0.25) is 5.43 Å². The molecule has 0 spiro atoms. The second-order valence-electron chi connectivity index (χ2n) is 4.11. The third kappa shape index (κ3) is 2.53. The van der Waals surface area contributed by atoms with Gasteiger partial charge in [-0.25, -0.2) is 4.98 Å². The van der Waals surface area contributed by atoms with Gasteiger partial charge in [-0.15, -0.1) is 16.4 Å². The molecule has 0 atom stereocenters. The Hall–Kier alpha value is -1.82. The van der Waals surface area contributed by atoms with Gasteiger partial charge < -0.3 is 0 Å². The minimum absolute atomic E-state index is 0.728. The van der Waals surface area contributed by atoms with Gasteiger partial charge >= 0.3 is 0 Å². The number of rotatable bonds is 3. The molecule has 1 aliphatic carbocycles. The maximum atomic E-state index is 4.54. The highest BCUT2D eigenvalue weighted by Gasteiger charge is 2.14. The fourth-order valence-corrected chi connectivity index (χ4v) is 2.94. The number of aromatic nitrogens is 3. The van der Waals surface area contributed by atoms with E-state index in [-0.39, 0.29) is 0 Å². The predicted octanol–water partition coefficient (Wildman–Crippen LogP) is 2.26. The molecule has 6 heteroatoms. The Morgan fingerprint density at radius 3 is 3.11 bits per heavy atom. The van der Waals surface area contributed by atoms with Crippen LogP contribution in [0.5, 0.6) is 0 Å². The topological polar surface area (TPSA) is 63.1 Å². The zero-order valence-corrected chi connectivity index (χ0v) is 10.7. The molecule has 0 bridgehead atoms. The fourth-order valence-electron chi connectivity index (χ4n) is 1.94. The zero-order valence-electron chi connectivity index (χ0n) is 9.83. The molecule has 18 heavy (non-hydrogen) atoms. The number of thiazole rings is 1. The first-order valence-corrected chi connectivity index (χ1v) is 6.79. The summed E-state index contributed by atoms with van der Waals surface area (Å²) in [5.74, 6) is 0. The Morgan fingerprint density at radius 1 is 1.33 bits per heavy atom. The summed E-state index contributed by atoms with van der Waals surface area (Å²) in [5, 5.41) is 12.7. The molecular formula is C12H13N5S. The molecule has 5 nitrogen and oxygen atoms in total. The van der Waals surface area contributed by atoms with Crippen LogP contribution in [0.25, 0.3) is 0 Å². The molecule has 2 aromatic heterocycles. The van der Waals surface area contributed by atoms with Crippen molar-refractivity contribution >= 4 is 22.7 Å². The number of hydrazone groups is 1. The normalized spacial score (nSPS) is 14.7. The van der Waals surface area contributed by atoms with Crippen molar-refractivity contribution < 1.29 is 0 Å². The molecule has 0 aliphatic heterocycles. The van der Waals surface area contributed by atoms with Gasteiger partial charge in [-0.05, 0) is 37.8 Å². The van der Waals surface area contributed by atoms with Crippen molar-refractivity contribution in [1.82, 2.24) is 15.2 Å². The second-order valence-corrected chi connectivity index (χ2v) is 5.20. The van der Waals surface area contributed by atoms with Crippen LogP contribution in [-0.2, 0) is 12.8 Å². The van der Waals surface area contributed by atoms with Gasteiger partial charge in [0.05, 0.1) is 11.9 Å². The number of aryl methyl sites for hydroxylation is 2. The Bertz CT molecular complexity index is 525. The van der Waals surface area contributed by atoms with Crippen molar-refractivity contribution in [3.05, 3.63) is 34.6 Å². The average Bonchev–Trinajstić information content (AvgIpc) is 2.82. The van der Waals surface area contributed by atoms with E-state index in [4.69, 9.17) is 0 Å². The monoisotopic (exact) mass is 259 g/mol. The SMILES string of the molecule is C(=N\Nc1nc2c(s1)CCCC2)/c1cccnn1. The van der Waals surface area contributed by atoms with Crippen LogP contribution in [-0.4, -0.2) is 21.4 Å². The quantitative estimate of drug-likeness (QED) is 0.678. The Labute approximate surface area is 109 Å². The van der Waals surface area contributed by atoms with E-state index in [9.17, 15) is 0 Å². The highest BCUT2D eigenvalue weighted by atomic mass is 32.1. The van der Waals surface area contributed by atoms with E-state index in [1.165, 1.54) is 23.4 Å². The van der Waals surface area contributed by atoms with Crippen LogP contribution < -0.4 is 5.43 Å². The third-order valence-electron chi connectivity index (χ3n) is 2.80. The Morgan fingerprint density at radius 2 is 2.28 bits per heavy atom. The molecule has 0 aromatic carbocycles. The summed E-state index contributed by atoms with van der Waals surface area (Å²) >= 11 is 1.70. The van der Waals surface area contributed by atoms with Gasteiger partial charge in [0.25, 0.3) is 0 Å². The summed E-state index contributed by atoms with van der Waals surface area (Å²) in [4.78, 5) is 5.94. The number of nitrogens with zero attached hydrogens (tertiary/aromatic N) is 4. The van der Waals surface area contributed by atoms with Gasteiger partial charge in [0.2, 0.25) is 5.13 Å². The van der Waals surface area contributed by atoms with Crippen molar-refractivity contribution in [3.8, 4) is 0 Å². The van der Waals surface area contributed by atoms with Gasteiger partial charge in [-0.2, -0.15) is 10.2 Å². The number of fused-ring (bicyclic) bond motifs is 1. The van der Waals surface area contributed by atoms with E-state index >= 15 is 0 Å². The summed E-state index contributed by atoms with van der Waals surface area (Å²) in [6.45, 7) is 0. The van der Waals surface area contributed by atoms with Gasteiger partial charge in [0.15, 0.2) is 0 Å². The van der Waals surface area contributed by atoms with Crippen LogP contribution in [0.15, 0.2) is 23.4 Å². The highest BCUT2D eigenvalue weighted by molar-refractivity contribution is 7.15. The van der Waals surface area contributed by atoms with Crippen LogP contribution in [0.3, 0.4) is 0 Å². The van der Waals surface area contributed by atoms with Gasteiger partial charge in [-0.1, -0.05) is 0 Å². The van der Waals surface area contributed by atoms with Gasteiger partial charge in [0, 0.05) is 11.1 Å². The number of hydrogen-bond acceptors (Lipinski definition) is 6. The zero-order chi connectivity index (χ0) is 12.2. The molecule has 0 saturated heterocycles.